The molecule has 62 heavy (non-hydrogen) atoms. The summed E-state index contributed by atoms with van der Waals surface area (Å²) in [6.07, 6.45) is 0. The van der Waals surface area contributed by atoms with Crippen molar-refractivity contribution in [3.05, 3.63) is 216 Å². The maximum absolute atomic E-state index is 5.32. The second kappa shape index (κ2) is 13.5. The molecule has 294 valence electrons. The lowest BCUT2D eigenvalue weighted by Gasteiger charge is -2.22. The van der Waals surface area contributed by atoms with E-state index in [0.717, 1.165) is 33.9 Å². The second-order valence-corrected chi connectivity index (χ2v) is 18.2. The first-order valence-corrected chi connectivity index (χ1v) is 21.7. The highest BCUT2D eigenvalue weighted by molar-refractivity contribution is 5.99. The summed E-state index contributed by atoms with van der Waals surface area (Å²) in [5.74, 6) is 0.721. The Labute approximate surface area is 363 Å². The molecule has 0 saturated heterocycles. The molecular weight excluding hydrogens is 749 g/mol. The number of aromatic nitrogens is 2. The first-order chi connectivity index (χ1) is 30.2. The molecule has 0 spiro atoms. The van der Waals surface area contributed by atoms with E-state index in [1.54, 1.807) is 0 Å². The van der Waals surface area contributed by atoms with Crippen LogP contribution in [0.15, 0.2) is 194 Å². The third-order valence-corrected chi connectivity index (χ3v) is 13.8. The molecule has 0 atom stereocenters. The lowest BCUT2D eigenvalue weighted by atomic mass is 9.81. The molecule has 0 amide bonds. The minimum absolute atomic E-state index is 0.0338. The van der Waals surface area contributed by atoms with Crippen molar-refractivity contribution in [2.75, 3.05) is 0 Å². The average Bonchev–Trinajstić information content (AvgIpc) is 3.69. The van der Waals surface area contributed by atoms with Crippen LogP contribution in [0.25, 0.3) is 100.0 Å². The molecule has 2 nitrogen and oxygen atoms in total. The van der Waals surface area contributed by atoms with Crippen molar-refractivity contribution in [3.63, 3.8) is 0 Å². The summed E-state index contributed by atoms with van der Waals surface area (Å²) in [6, 6.07) is 71.1. The Kier molecular flexibility index (Phi) is 7.96. The lowest BCUT2D eigenvalue weighted by molar-refractivity contribution is 0.660. The molecule has 0 bridgehead atoms. The monoisotopic (exact) mass is 792 g/mol. The summed E-state index contributed by atoms with van der Waals surface area (Å²) in [6.45, 7) is 9.39. The Morgan fingerprint density at radius 3 is 1.61 bits per heavy atom. The van der Waals surface area contributed by atoms with Crippen molar-refractivity contribution in [1.82, 2.24) is 9.97 Å². The number of benzene rings is 9. The van der Waals surface area contributed by atoms with Crippen LogP contribution >= 0.6 is 0 Å². The van der Waals surface area contributed by atoms with E-state index in [2.05, 4.69) is 216 Å². The molecule has 2 aliphatic rings. The maximum atomic E-state index is 5.32. The van der Waals surface area contributed by atoms with Gasteiger partial charge >= 0.3 is 0 Å². The van der Waals surface area contributed by atoms with Crippen molar-refractivity contribution in [2.24, 2.45) is 0 Å². The smallest absolute Gasteiger partial charge is 0.160 e. The van der Waals surface area contributed by atoms with Crippen molar-refractivity contribution in [1.29, 1.82) is 0 Å². The van der Waals surface area contributed by atoms with Gasteiger partial charge in [-0.25, -0.2) is 9.97 Å². The zero-order valence-corrected chi connectivity index (χ0v) is 35.4. The summed E-state index contributed by atoms with van der Waals surface area (Å²) >= 11 is 0. The third kappa shape index (κ3) is 5.63. The minimum Gasteiger partial charge on any atom is -0.228 e. The van der Waals surface area contributed by atoms with Crippen molar-refractivity contribution in [2.45, 2.75) is 38.5 Å². The highest BCUT2D eigenvalue weighted by atomic mass is 14.9. The maximum Gasteiger partial charge on any atom is 0.160 e. The van der Waals surface area contributed by atoms with E-state index in [1.165, 1.54) is 88.3 Å². The summed E-state index contributed by atoms with van der Waals surface area (Å²) < 4.78 is 0. The van der Waals surface area contributed by atoms with E-state index >= 15 is 0 Å². The molecule has 0 N–H and O–H groups in total. The minimum atomic E-state index is -0.145. The fourth-order valence-electron chi connectivity index (χ4n) is 10.5. The van der Waals surface area contributed by atoms with Crippen LogP contribution in [-0.2, 0) is 10.8 Å². The molecule has 0 unspecified atom stereocenters. The van der Waals surface area contributed by atoms with E-state index in [9.17, 15) is 0 Å². The first-order valence-electron chi connectivity index (χ1n) is 21.7. The van der Waals surface area contributed by atoms with Crippen LogP contribution in [0.2, 0.25) is 0 Å². The average molecular weight is 793 g/mol. The summed E-state index contributed by atoms with van der Waals surface area (Å²) in [5, 5.41) is 4.89. The standard InChI is InChI=1S/C60H44N2/c1-59(2)51-22-11-10-20-47(51)48-29-28-45(35-53(48)59)39-19-12-18-38(30-39)42-24-25-44-32-46(27-26-43(44)31-42)55-36-56(62-58(61-55)37-14-6-5-7-15-37)49-21-13-23-52-57(49)50-33-40-16-8-9-17-41(40)34-54(50)60(52,3)4/h5-36H,1-4H3. The number of nitrogens with zero attached hydrogens (tertiary/aromatic N) is 2. The van der Waals surface area contributed by atoms with Crippen molar-refractivity contribution >= 4 is 21.5 Å². The van der Waals surface area contributed by atoms with Gasteiger partial charge < -0.3 is 0 Å². The van der Waals surface area contributed by atoms with E-state index in [0.29, 0.717) is 0 Å². The second-order valence-electron chi connectivity index (χ2n) is 18.2. The molecule has 10 aromatic rings. The van der Waals surface area contributed by atoms with Crippen LogP contribution in [0, 0.1) is 0 Å². The Hall–Kier alpha value is -7.42. The molecule has 0 saturated carbocycles. The normalized spacial score (nSPS) is 14.1. The van der Waals surface area contributed by atoms with Crippen LogP contribution in [0.1, 0.15) is 49.9 Å². The van der Waals surface area contributed by atoms with Gasteiger partial charge in [0.15, 0.2) is 5.82 Å². The van der Waals surface area contributed by atoms with Gasteiger partial charge in [-0.3, -0.25) is 0 Å². The molecule has 0 fully saturated rings. The first kappa shape index (κ1) is 36.4. The predicted molar refractivity (Wildman–Crippen MR) is 259 cm³/mol. The number of fused-ring (bicyclic) bond motifs is 8. The van der Waals surface area contributed by atoms with E-state index in [1.807, 2.05) is 6.07 Å². The molecule has 1 heterocycles. The Morgan fingerprint density at radius 2 is 0.806 bits per heavy atom. The fraction of sp³-hybridized carbons (Fsp3) is 0.100. The van der Waals surface area contributed by atoms with Gasteiger partial charge in [0, 0.05) is 27.5 Å². The molecule has 0 radical (unpaired) electrons. The highest BCUT2D eigenvalue weighted by Crippen LogP contribution is 2.53. The SMILES string of the molecule is CC1(C)c2ccccc2-c2ccc(-c3cccc(-c4ccc5cc(-c6cc(-c7cccc8c7-c7cc9ccccc9cc7C8(C)C)nc(-c7ccccc7)n6)ccc5c4)c3)cc21. The van der Waals surface area contributed by atoms with Gasteiger partial charge in [0.1, 0.15) is 0 Å². The molecule has 9 aromatic carbocycles. The topological polar surface area (TPSA) is 25.8 Å². The molecular formula is C60H44N2. The zero-order chi connectivity index (χ0) is 41.7. The Bertz CT molecular complexity index is 3460. The summed E-state index contributed by atoms with van der Waals surface area (Å²) in [4.78, 5) is 10.6. The lowest BCUT2D eigenvalue weighted by Crippen LogP contribution is -2.14. The van der Waals surface area contributed by atoms with Gasteiger partial charge in [0.05, 0.1) is 11.4 Å². The van der Waals surface area contributed by atoms with Crippen LogP contribution in [0.3, 0.4) is 0 Å². The van der Waals surface area contributed by atoms with Gasteiger partial charge in [-0.05, 0) is 131 Å². The van der Waals surface area contributed by atoms with Crippen LogP contribution in [-0.4, -0.2) is 9.97 Å². The number of hydrogen-bond acceptors (Lipinski definition) is 2. The van der Waals surface area contributed by atoms with Crippen LogP contribution in [0.5, 0.6) is 0 Å². The number of hydrogen-bond donors (Lipinski definition) is 0. The molecule has 2 heteroatoms. The highest BCUT2D eigenvalue weighted by Gasteiger charge is 2.38. The largest absolute Gasteiger partial charge is 0.228 e. The predicted octanol–water partition coefficient (Wildman–Crippen LogP) is 15.7. The van der Waals surface area contributed by atoms with Gasteiger partial charge in [0.2, 0.25) is 0 Å². The quantitative estimate of drug-likeness (QED) is 0.173. The van der Waals surface area contributed by atoms with Gasteiger partial charge in [0.25, 0.3) is 0 Å². The van der Waals surface area contributed by atoms with Crippen molar-refractivity contribution in [3.8, 4) is 78.4 Å². The van der Waals surface area contributed by atoms with Gasteiger partial charge in [-0.15, -0.1) is 0 Å². The Balaban J connectivity index is 0.927. The molecule has 1 aromatic heterocycles. The van der Waals surface area contributed by atoms with Crippen molar-refractivity contribution < 1.29 is 0 Å². The van der Waals surface area contributed by atoms with E-state index in [-0.39, 0.29) is 10.8 Å². The van der Waals surface area contributed by atoms with Crippen LogP contribution in [0.4, 0.5) is 0 Å². The fourth-order valence-corrected chi connectivity index (χ4v) is 10.5. The van der Waals surface area contributed by atoms with Crippen LogP contribution < -0.4 is 0 Å². The van der Waals surface area contributed by atoms with E-state index < -0.39 is 0 Å². The third-order valence-electron chi connectivity index (χ3n) is 13.8. The van der Waals surface area contributed by atoms with E-state index in [4.69, 9.17) is 9.97 Å². The van der Waals surface area contributed by atoms with Gasteiger partial charge in [-0.2, -0.15) is 0 Å². The Morgan fingerprint density at radius 1 is 0.290 bits per heavy atom. The summed E-state index contributed by atoms with van der Waals surface area (Å²) in [7, 11) is 0. The summed E-state index contributed by atoms with van der Waals surface area (Å²) in [5.41, 5.74) is 20.5. The molecule has 12 rings (SSSR count). The zero-order valence-electron chi connectivity index (χ0n) is 35.4. The molecule has 0 aliphatic heterocycles. The number of rotatable bonds is 5. The van der Waals surface area contributed by atoms with Gasteiger partial charge in [-0.1, -0.05) is 179 Å². The molecule has 2 aliphatic carbocycles.